The van der Waals surface area contributed by atoms with Gasteiger partial charge in [-0.1, -0.05) is 159 Å². The predicted octanol–water partition coefficient (Wildman–Crippen LogP) is 12.9. The topological polar surface area (TPSA) is 94.1 Å². The lowest BCUT2D eigenvalue weighted by Crippen LogP contribution is -2.37. The molecule has 2 atom stereocenters. The highest BCUT2D eigenvalue weighted by atomic mass is 31.2. The molecule has 9 heteroatoms. The Balaban J connectivity index is 4.32. The van der Waals surface area contributed by atoms with Crippen molar-refractivity contribution in [2.24, 2.45) is 0 Å². The van der Waals surface area contributed by atoms with Crippen molar-refractivity contribution in [1.82, 2.24) is 0 Å². The number of carbonyl (C=O) groups excluding carboxylic acids is 1. The number of quaternary nitrogens is 1. The van der Waals surface area contributed by atoms with Crippen molar-refractivity contribution in [2.45, 2.75) is 193 Å². The second kappa shape index (κ2) is 39.1. The fourth-order valence-corrected chi connectivity index (χ4v) is 6.62. The van der Waals surface area contributed by atoms with Crippen molar-refractivity contribution in [2.75, 3.05) is 47.5 Å². The van der Waals surface area contributed by atoms with E-state index in [1.54, 1.807) is 6.26 Å². The first-order chi connectivity index (χ1) is 26.6. The Bertz CT molecular complexity index is 1020. The van der Waals surface area contributed by atoms with Crippen LogP contribution in [0.1, 0.15) is 187 Å². The molecule has 0 rings (SSSR count). The summed E-state index contributed by atoms with van der Waals surface area (Å²) in [6, 6.07) is 0. The number of hydrogen-bond acceptors (Lipinski definition) is 7. The molecule has 8 nitrogen and oxygen atoms in total. The van der Waals surface area contributed by atoms with Crippen LogP contribution in [0.3, 0.4) is 0 Å². The molecule has 0 aliphatic heterocycles. The van der Waals surface area contributed by atoms with Crippen LogP contribution >= 0.6 is 7.82 Å². The molecule has 55 heavy (non-hydrogen) atoms. The molecule has 0 radical (unpaired) electrons. The van der Waals surface area contributed by atoms with Crippen LogP contribution in [0.15, 0.2) is 48.8 Å². The average Bonchev–Trinajstić information content (AvgIpc) is 3.14. The maximum absolute atomic E-state index is 12.5. The van der Waals surface area contributed by atoms with E-state index in [2.05, 4.69) is 50.3 Å². The largest absolute Gasteiger partial charge is 0.756 e. The van der Waals surface area contributed by atoms with Crippen molar-refractivity contribution in [3.8, 4) is 0 Å². The van der Waals surface area contributed by atoms with E-state index in [9.17, 15) is 14.3 Å². The van der Waals surface area contributed by atoms with Crippen LogP contribution in [0.4, 0.5) is 0 Å². The van der Waals surface area contributed by atoms with Crippen LogP contribution in [-0.2, 0) is 27.9 Å². The summed E-state index contributed by atoms with van der Waals surface area (Å²) in [6.07, 6.45) is 47.9. The summed E-state index contributed by atoms with van der Waals surface area (Å²) in [5.74, 6) is -0.313. The number of allylic oxidation sites excluding steroid dienone is 7. The number of ether oxygens (including phenoxy) is 2. The Morgan fingerprint density at radius 3 is 1.55 bits per heavy atom. The monoisotopic (exact) mass is 796 g/mol. The van der Waals surface area contributed by atoms with Gasteiger partial charge in [0.2, 0.25) is 0 Å². The molecule has 0 fully saturated rings. The highest BCUT2D eigenvalue weighted by Crippen LogP contribution is 2.38. The van der Waals surface area contributed by atoms with Gasteiger partial charge in [-0.2, -0.15) is 0 Å². The summed E-state index contributed by atoms with van der Waals surface area (Å²) in [5, 5.41) is 0. The van der Waals surface area contributed by atoms with Crippen LogP contribution in [0.5, 0.6) is 0 Å². The number of unbranched alkanes of at least 4 members (excludes halogenated alkanes) is 21. The standard InChI is InChI=1S/C46H86NO7P/c1-6-8-10-12-14-16-18-20-22-24-25-27-29-31-33-35-37-39-46(48)52-43-45(44-54-55(49,50)53-42-40-47(3,4)5)51-41-38-36-34-32-30-28-26-23-21-19-17-15-13-11-9-7-2/h14,16,20,22,25,27,38,41,45H,6-13,15,17-19,21,23-24,26,28-37,39-40,42-44H2,1-5H3/b16-14-,22-20-,27-25-,41-38-. The fraction of sp³-hybridized carbons (Fsp3) is 0.804. The minimum atomic E-state index is -4.52. The minimum absolute atomic E-state index is 0.0227. The summed E-state index contributed by atoms with van der Waals surface area (Å²) in [6.45, 7) is 4.66. The van der Waals surface area contributed by atoms with E-state index in [-0.39, 0.29) is 25.8 Å². The van der Waals surface area contributed by atoms with Crippen LogP contribution in [-0.4, -0.2) is 64.1 Å². The van der Waals surface area contributed by atoms with E-state index >= 15 is 0 Å². The Kier molecular flexibility index (Phi) is 37.9. The highest BCUT2D eigenvalue weighted by Gasteiger charge is 2.19. The number of esters is 1. The number of nitrogens with zero attached hydrogens (tertiary/aromatic N) is 1. The van der Waals surface area contributed by atoms with Gasteiger partial charge in [0.15, 0.2) is 6.10 Å². The van der Waals surface area contributed by atoms with E-state index < -0.39 is 13.9 Å². The molecule has 0 heterocycles. The maximum atomic E-state index is 12.5. The Morgan fingerprint density at radius 1 is 0.582 bits per heavy atom. The first-order valence-corrected chi connectivity index (χ1v) is 23.9. The minimum Gasteiger partial charge on any atom is -0.756 e. The quantitative estimate of drug-likeness (QED) is 0.0152. The molecule has 0 saturated carbocycles. The van der Waals surface area contributed by atoms with Gasteiger partial charge in [0.05, 0.1) is 34.0 Å². The number of likely N-dealkylation sites (N-methyl/N-ethyl adjacent to an activating group) is 1. The van der Waals surface area contributed by atoms with Crippen molar-refractivity contribution in [3.05, 3.63) is 48.8 Å². The number of hydrogen-bond donors (Lipinski definition) is 0. The van der Waals surface area contributed by atoms with Gasteiger partial charge in [-0.25, -0.2) is 0 Å². The molecule has 0 N–H and O–H groups in total. The molecule has 0 aromatic rings. The van der Waals surface area contributed by atoms with Crippen LogP contribution in [0, 0.1) is 0 Å². The average molecular weight is 796 g/mol. The zero-order chi connectivity index (χ0) is 40.6. The summed E-state index contributed by atoms with van der Waals surface area (Å²) in [5.41, 5.74) is 0. The number of phosphoric acid groups is 1. The van der Waals surface area contributed by atoms with E-state index in [0.29, 0.717) is 17.4 Å². The van der Waals surface area contributed by atoms with Gasteiger partial charge in [-0.05, 0) is 63.9 Å². The summed E-state index contributed by atoms with van der Waals surface area (Å²) in [7, 11) is 1.35. The van der Waals surface area contributed by atoms with Crippen molar-refractivity contribution < 1.29 is 37.3 Å². The normalized spacial score (nSPS) is 14.1. The molecule has 0 saturated heterocycles. The molecular weight excluding hydrogens is 709 g/mol. The molecule has 0 aliphatic carbocycles. The molecule has 0 aliphatic rings. The number of phosphoric ester groups is 1. The molecular formula is C46H86NO7P. The fourth-order valence-electron chi connectivity index (χ4n) is 5.89. The highest BCUT2D eigenvalue weighted by molar-refractivity contribution is 7.45. The van der Waals surface area contributed by atoms with Gasteiger partial charge in [0.1, 0.15) is 19.8 Å². The van der Waals surface area contributed by atoms with Crippen LogP contribution in [0.2, 0.25) is 0 Å². The first kappa shape index (κ1) is 53.3. The smallest absolute Gasteiger partial charge is 0.305 e. The number of carbonyl (C=O) groups is 1. The lowest BCUT2D eigenvalue weighted by molar-refractivity contribution is -0.870. The third-order valence-corrected chi connectivity index (χ3v) is 10.4. The summed E-state index contributed by atoms with van der Waals surface area (Å²) in [4.78, 5) is 24.8. The Hall–Kier alpha value is -1.70. The third-order valence-electron chi connectivity index (χ3n) is 9.47. The predicted molar refractivity (Wildman–Crippen MR) is 231 cm³/mol. The lowest BCUT2D eigenvalue weighted by atomic mass is 10.0. The van der Waals surface area contributed by atoms with Crippen molar-refractivity contribution >= 4 is 13.8 Å². The van der Waals surface area contributed by atoms with Gasteiger partial charge >= 0.3 is 5.97 Å². The molecule has 322 valence electrons. The van der Waals surface area contributed by atoms with Gasteiger partial charge < -0.3 is 27.9 Å². The van der Waals surface area contributed by atoms with E-state index in [1.165, 1.54) is 109 Å². The maximum Gasteiger partial charge on any atom is 0.305 e. The summed E-state index contributed by atoms with van der Waals surface area (Å²) < 4.78 is 34.4. The first-order valence-electron chi connectivity index (χ1n) is 22.4. The zero-order valence-electron chi connectivity index (χ0n) is 36.4. The van der Waals surface area contributed by atoms with E-state index in [4.69, 9.17) is 18.5 Å². The Labute approximate surface area is 339 Å². The molecule has 0 aromatic carbocycles. The zero-order valence-corrected chi connectivity index (χ0v) is 37.3. The molecule has 0 spiro atoms. The molecule has 0 bridgehead atoms. The van der Waals surface area contributed by atoms with E-state index in [1.807, 2.05) is 27.2 Å². The van der Waals surface area contributed by atoms with E-state index in [0.717, 1.165) is 57.8 Å². The molecule has 0 amide bonds. The molecule has 0 aromatic heterocycles. The van der Waals surface area contributed by atoms with Gasteiger partial charge in [-0.15, -0.1) is 0 Å². The van der Waals surface area contributed by atoms with Crippen LogP contribution in [0.25, 0.3) is 0 Å². The third kappa shape index (κ3) is 43.3. The van der Waals surface area contributed by atoms with Crippen molar-refractivity contribution in [3.63, 3.8) is 0 Å². The van der Waals surface area contributed by atoms with Crippen LogP contribution < -0.4 is 4.89 Å². The van der Waals surface area contributed by atoms with Crippen molar-refractivity contribution in [1.29, 1.82) is 0 Å². The van der Waals surface area contributed by atoms with Gasteiger partial charge in [0.25, 0.3) is 7.82 Å². The van der Waals surface area contributed by atoms with Gasteiger partial charge in [-0.3, -0.25) is 9.36 Å². The summed E-state index contributed by atoms with van der Waals surface area (Å²) >= 11 is 0. The Morgan fingerprint density at radius 2 is 1.02 bits per heavy atom. The van der Waals surface area contributed by atoms with Gasteiger partial charge in [0, 0.05) is 6.42 Å². The second-order valence-corrected chi connectivity index (χ2v) is 17.5. The SMILES string of the molecule is CCCCC/C=C\C/C=C\C/C=C\CCCCCCC(=O)OCC(COP(=O)([O-])OCC[N+](C)(C)C)O/C=C\CCCCCCCCCCCCCCCC. The number of rotatable bonds is 41. The second-order valence-electron chi connectivity index (χ2n) is 16.1. The molecule has 2 unspecified atom stereocenters. The lowest BCUT2D eigenvalue weighted by Gasteiger charge is -2.28.